The standard InChI is InChI=1S/C44H90NO7P/c1-6-8-10-12-13-14-15-16-17-18-19-20-21-22-23-24-25-26-27-28-29-30-31-32-34-36-39-49-41-43(52-44(46)37-35-33-11-9-7-2)42-51-53(47,48)50-40-38-45(3,4)5/h43H,6-42H2,1-5H3. The van der Waals surface area contributed by atoms with E-state index in [9.17, 15) is 14.3 Å². The van der Waals surface area contributed by atoms with Crippen molar-refractivity contribution in [3.8, 4) is 0 Å². The summed E-state index contributed by atoms with van der Waals surface area (Å²) in [7, 11) is 1.37. The minimum atomic E-state index is -4.50. The van der Waals surface area contributed by atoms with Gasteiger partial charge in [0.25, 0.3) is 7.82 Å². The molecular formula is C44H90NO7P. The lowest BCUT2D eigenvalue weighted by Gasteiger charge is -2.28. The van der Waals surface area contributed by atoms with E-state index in [1.54, 1.807) is 0 Å². The molecule has 0 N–H and O–H groups in total. The van der Waals surface area contributed by atoms with E-state index in [0.717, 1.165) is 44.9 Å². The van der Waals surface area contributed by atoms with Gasteiger partial charge in [0.15, 0.2) is 0 Å². The average molecular weight is 776 g/mol. The smallest absolute Gasteiger partial charge is 0.306 e. The molecule has 0 aliphatic rings. The van der Waals surface area contributed by atoms with Gasteiger partial charge < -0.3 is 27.9 Å². The van der Waals surface area contributed by atoms with Crippen molar-refractivity contribution in [3.63, 3.8) is 0 Å². The zero-order valence-corrected chi connectivity index (χ0v) is 36.9. The summed E-state index contributed by atoms with van der Waals surface area (Å²) in [5, 5.41) is 0. The van der Waals surface area contributed by atoms with Crippen molar-refractivity contribution >= 4 is 13.8 Å². The molecule has 0 aliphatic heterocycles. The second-order valence-electron chi connectivity index (χ2n) is 16.8. The third-order valence-corrected chi connectivity index (χ3v) is 11.1. The number of esters is 1. The minimum absolute atomic E-state index is 0.0304. The number of carbonyl (C=O) groups is 1. The van der Waals surface area contributed by atoms with Crippen molar-refractivity contribution in [1.82, 2.24) is 0 Å². The monoisotopic (exact) mass is 776 g/mol. The Morgan fingerprint density at radius 1 is 0.509 bits per heavy atom. The van der Waals surface area contributed by atoms with Crippen LogP contribution in [-0.2, 0) is 27.9 Å². The van der Waals surface area contributed by atoms with Crippen molar-refractivity contribution in [2.45, 2.75) is 225 Å². The van der Waals surface area contributed by atoms with E-state index >= 15 is 0 Å². The van der Waals surface area contributed by atoms with Crippen LogP contribution in [0.4, 0.5) is 0 Å². The number of likely N-dealkylation sites (N-methyl/N-ethyl adjacent to an activating group) is 1. The van der Waals surface area contributed by atoms with E-state index in [1.807, 2.05) is 21.1 Å². The molecule has 2 atom stereocenters. The number of rotatable bonds is 43. The third kappa shape index (κ3) is 42.5. The van der Waals surface area contributed by atoms with Gasteiger partial charge in [-0.3, -0.25) is 9.36 Å². The van der Waals surface area contributed by atoms with Gasteiger partial charge in [-0.2, -0.15) is 0 Å². The van der Waals surface area contributed by atoms with Crippen LogP contribution < -0.4 is 4.89 Å². The summed E-state index contributed by atoms with van der Waals surface area (Å²) in [5.41, 5.74) is 0. The van der Waals surface area contributed by atoms with Crippen LogP contribution in [0.2, 0.25) is 0 Å². The zero-order valence-electron chi connectivity index (χ0n) is 36.0. The first kappa shape index (κ1) is 52.5. The number of phosphoric ester groups is 1. The van der Waals surface area contributed by atoms with Crippen LogP contribution in [0.5, 0.6) is 0 Å². The highest BCUT2D eigenvalue weighted by Gasteiger charge is 2.20. The Morgan fingerprint density at radius 2 is 0.868 bits per heavy atom. The van der Waals surface area contributed by atoms with Crippen molar-refractivity contribution in [3.05, 3.63) is 0 Å². The maximum Gasteiger partial charge on any atom is 0.306 e. The second kappa shape index (κ2) is 38.4. The minimum Gasteiger partial charge on any atom is -0.756 e. The summed E-state index contributed by atoms with van der Waals surface area (Å²) in [6.45, 7) is 5.37. The number of quaternary nitrogens is 1. The quantitative estimate of drug-likeness (QED) is 0.0263. The Labute approximate surface area is 329 Å². The van der Waals surface area contributed by atoms with Gasteiger partial charge in [-0.05, 0) is 12.8 Å². The molecule has 53 heavy (non-hydrogen) atoms. The molecule has 0 aromatic carbocycles. The number of hydrogen-bond donors (Lipinski definition) is 0. The lowest BCUT2D eigenvalue weighted by Crippen LogP contribution is -2.37. The molecule has 0 aliphatic carbocycles. The molecular weight excluding hydrogens is 685 g/mol. The summed E-state index contributed by atoms with van der Waals surface area (Å²) in [4.78, 5) is 24.7. The van der Waals surface area contributed by atoms with E-state index in [4.69, 9.17) is 18.5 Å². The molecule has 0 bridgehead atoms. The first-order valence-corrected chi connectivity index (χ1v) is 24.2. The second-order valence-corrected chi connectivity index (χ2v) is 18.2. The molecule has 2 unspecified atom stereocenters. The van der Waals surface area contributed by atoms with E-state index < -0.39 is 13.9 Å². The molecule has 318 valence electrons. The number of unbranched alkanes of at least 4 members (excludes halogenated alkanes) is 29. The molecule has 0 heterocycles. The first-order valence-electron chi connectivity index (χ1n) is 22.8. The van der Waals surface area contributed by atoms with Crippen molar-refractivity contribution in [2.75, 3.05) is 54.1 Å². The van der Waals surface area contributed by atoms with Gasteiger partial charge in [0.2, 0.25) is 0 Å². The summed E-state index contributed by atoms with van der Waals surface area (Å²) in [6.07, 6.45) is 40.4. The maximum atomic E-state index is 12.4. The van der Waals surface area contributed by atoms with Gasteiger partial charge >= 0.3 is 5.97 Å². The molecule has 0 saturated carbocycles. The Balaban J connectivity index is 3.80. The predicted octanol–water partition coefficient (Wildman–Crippen LogP) is 12.6. The molecule has 0 rings (SSSR count). The molecule has 0 fully saturated rings. The van der Waals surface area contributed by atoms with Crippen LogP contribution in [0.3, 0.4) is 0 Å². The van der Waals surface area contributed by atoms with Gasteiger partial charge in [-0.1, -0.05) is 200 Å². The highest BCUT2D eigenvalue weighted by atomic mass is 31.2. The molecule has 0 saturated heterocycles. The zero-order chi connectivity index (χ0) is 39.1. The number of ether oxygens (including phenoxy) is 2. The van der Waals surface area contributed by atoms with Gasteiger partial charge in [-0.25, -0.2) is 0 Å². The largest absolute Gasteiger partial charge is 0.756 e. The summed E-state index contributed by atoms with van der Waals surface area (Å²) in [5.74, 6) is -0.342. The first-order chi connectivity index (χ1) is 25.6. The van der Waals surface area contributed by atoms with Crippen LogP contribution in [0.25, 0.3) is 0 Å². The number of phosphoric acid groups is 1. The van der Waals surface area contributed by atoms with Crippen LogP contribution in [0, 0.1) is 0 Å². The van der Waals surface area contributed by atoms with Gasteiger partial charge in [-0.15, -0.1) is 0 Å². The van der Waals surface area contributed by atoms with Gasteiger partial charge in [0.05, 0.1) is 34.4 Å². The number of hydrogen-bond acceptors (Lipinski definition) is 7. The fourth-order valence-electron chi connectivity index (χ4n) is 6.61. The van der Waals surface area contributed by atoms with Crippen molar-refractivity contribution in [2.24, 2.45) is 0 Å². The highest BCUT2D eigenvalue weighted by Crippen LogP contribution is 2.38. The summed E-state index contributed by atoms with van der Waals surface area (Å²) in [6, 6.07) is 0. The average Bonchev–Trinajstić information content (AvgIpc) is 3.11. The van der Waals surface area contributed by atoms with E-state index in [2.05, 4.69) is 13.8 Å². The normalized spacial score (nSPS) is 13.7. The van der Waals surface area contributed by atoms with Crippen LogP contribution in [-0.4, -0.2) is 70.7 Å². The highest BCUT2D eigenvalue weighted by molar-refractivity contribution is 7.45. The fraction of sp³-hybridized carbons (Fsp3) is 0.977. The van der Waals surface area contributed by atoms with Crippen molar-refractivity contribution in [1.29, 1.82) is 0 Å². The Hall–Kier alpha value is -0.500. The molecule has 8 nitrogen and oxygen atoms in total. The Kier molecular flexibility index (Phi) is 38.0. The Morgan fingerprint density at radius 3 is 1.25 bits per heavy atom. The molecule has 0 spiro atoms. The molecule has 0 amide bonds. The van der Waals surface area contributed by atoms with E-state index in [1.165, 1.54) is 154 Å². The van der Waals surface area contributed by atoms with Crippen LogP contribution in [0.15, 0.2) is 0 Å². The Bertz CT molecular complexity index is 822. The van der Waals surface area contributed by atoms with Gasteiger partial charge in [0, 0.05) is 13.0 Å². The fourth-order valence-corrected chi connectivity index (χ4v) is 7.34. The topological polar surface area (TPSA) is 94.1 Å². The number of nitrogens with zero attached hydrogens (tertiary/aromatic N) is 1. The van der Waals surface area contributed by atoms with Crippen LogP contribution in [0.1, 0.15) is 219 Å². The molecule has 9 heteroatoms. The summed E-state index contributed by atoms with van der Waals surface area (Å²) < 4.78 is 34.3. The number of carbonyl (C=O) groups excluding carboxylic acids is 1. The van der Waals surface area contributed by atoms with E-state index in [-0.39, 0.29) is 25.8 Å². The molecule has 0 aromatic heterocycles. The summed E-state index contributed by atoms with van der Waals surface area (Å²) >= 11 is 0. The molecule has 0 radical (unpaired) electrons. The lowest BCUT2D eigenvalue weighted by atomic mass is 10.0. The lowest BCUT2D eigenvalue weighted by molar-refractivity contribution is -0.870. The van der Waals surface area contributed by atoms with Crippen LogP contribution >= 0.6 is 7.82 Å². The van der Waals surface area contributed by atoms with Crippen molar-refractivity contribution < 1.29 is 37.3 Å². The third-order valence-electron chi connectivity index (χ3n) is 10.2. The molecule has 0 aromatic rings. The van der Waals surface area contributed by atoms with E-state index in [0.29, 0.717) is 24.1 Å². The maximum absolute atomic E-state index is 12.4. The SMILES string of the molecule is CCCCCCCCCCCCCCCCCCCCCCCCCCCCOCC(COP(=O)([O-])OCC[N+](C)(C)C)OC(=O)CCCCCCC. The predicted molar refractivity (Wildman–Crippen MR) is 222 cm³/mol. The van der Waals surface area contributed by atoms with Gasteiger partial charge in [0.1, 0.15) is 19.3 Å².